The first-order chi connectivity index (χ1) is 11.2. The van der Waals surface area contributed by atoms with Crippen molar-refractivity contribution in [2.45, 2.75) is 24.8 Å². The molecule has 0 bridgehead atoms. The van der Waals surface area contributed by atoms with E-state index in [2.05, 4.69) is 85.7 Å². The molecule has 1 aliphatic rings. The number of hydrogen-bond acceptors (Lipinski definition) is 1. The summed E-state index contributed by atoms with van der Waals surface area (Å²) in [5.74, 6) is 0.520. The second kappa shape index (κ2) is 5.82. The van der Waals surface area contributed by atoms with Crippen molar-refractivity contribution in [3.05, 3.63) is 83.4 Å². The van der Waals surface area contributed by atoms with Crippen LogP contribution >= 0.6 is 0 Å². The number of rotatable bonds is 2. The molecular formula is C22H23N. The Bertz CT molecular complexity index is 834. The zero-order valence-corrected chi connectivity index (χ0v) is 13.9. The van der Waals surface area contributed by atoms with Crippen LogP contribution in [0.3, 0.4) is 0 Å². The molecule has 0 heterocycles. The Morgan fingerprint density at radius 2 is 1.43 bits per heavy atom. The highest BCUT2D eigenvalue weighted by atomic mass is 15.1. The molecule has 0 aromatic heterocycles. The summed E-state index contributed by atoms with van der Waals surface area (Å²) in [7, 11) is 4.38. The van der Waals surface area contributed by atoms with Crippen LogP contribution in [-0.2, 0) is 0 Å². The third-order valence-corrected chi connectivity index (χ3v) is 5.26. The van der Waals surface area contributed by atoms with Gasteiger partial charge in [-0.2, -0.15) is 0 Å². The smallest absolute Gasteiger partial charge is 0.0345 e. The first-order valence-corrected chi connectivity index (χ1v) is 8.48. The van der Waals surface area contributed by atoms with E-state index in [1.54, 1.807) is 0 Å². The lowest BCUT2D eigenvalue weighted by Gasteiger charge is -2.35. The van der Waals surface area contributed by atoms with Gasteiger partial charge in [0.25, 0.3) is 0 Å². The molecule has 0 saturated heterocycles. The molecule has 0 spiro atoms. The molecule has 2 atom stereocenters. The van der Waals surface area contributed by atoms with Gasteiger partial charge in [-0.3, -0.25) is 0 Å². The summed E-state index contributed by atoms with van der Waals surface area (Å²) >= 11 is 0. The summed E-state index contributed by atoms with van der Waals surface area (Å²) in [5.41, 5.74) is 4.46. The molecule has 0 fully saturated rings. The Balaban J connectivity index is 1.80. The van der Waals surface area contributed by atoms with E-state index in [1.807, 2.05) is 0 Å². The van der Waals surface area contributed by atoms with Crippen LogP contribution in [0.2, 0.25) is 0 Å². The molecule has 0 saturated carbocycles. The maximum atomic E-state index is 2.38. The largest absolute Gasteiger partial charge is 0.302 e. The Kier molecular flexibility index (Phi) is 3.66. The Morgan fingerprint density at radius 1 is 0.739 bits per heavy atom. The lowest BCUT2D eigenvalue weighted by Crippen LogP contribution is -2.26. The Labute approximate surface area is 138 Å². The van der Waals surface area contributed by atoms with Crippen LogP contribution in [0.25, 0.3) is 10.8 Å². The van der Waals surface area contributed by atoms with E-state index < -0.39 is 0 Å². The highest BCUT2D eigenvalue weighted by Crippen LogP contribution is 2.43. The Morgan fingerprint density at radius 3 is 2.22 bits per heavy atom. The summed E-state index contributed by atoms with van der Waals surface area (Å²) in [6.07, 6.45) is 2.44. The van der Waals surface area contributed by atoms with E-state index in [9.17, 15) is 0 Å². The van der Waals surface area contributed by atoms with E-state index in [-0.39, 0.29) is 0 Å². The van der Waals surface area contributed by atoms with Crippen molar-refractivity contribution in [2.24, 2.45) is 0 Å². The highest BCUT2D eigenvalue weighted by molar-refractivity contribution is 5.83. The summed E-state index contributed by atoms with van der Waals surface area (Å²) in [6, 6.07) is 25.2. The van der Waals surface area contributed by atoms with E-state index in [4.69, 9.17) is 0 Å². The van der Waals surface area contributed by atoms with Gasteiger partial charge in [0.15, 0.2) is 0 Å². The Hall–Kier alpha value is -2.12. The molecule has 0 aliphatic heterocycles. The predicted octanol–water partition coefficient (Wildman–Crippen LogP) is 5.37. The highest BCUT2D eigenvalue weighted by Gasteiger charge is 2.28. The molecule has 0 N–H and O–H groups in total. The van der Waals surface area contributed by atoms with Crippen LogP contribution in [0, 0.1) is 0 Å². The van der Waals surface area contributed by atoms with Crippen LogP contribution < -0.4 is 0 Å². The molecule has 1 aliphatic carbocycles. The van der Waals surface area contributed by atoms with Gasteiger partial charge in [0.2, 0.25) is 0 Å². The second-order valence-corrected chi connectivity index (χ2v) is 6.84. The fourth-order valence-corrected chi connectivity index (χ4v) is 4.07. The average molecular weight is 301 g/mol. The van der Waals surface area contributed by atoms with E-state index >= 15 is 0 Å². The zero-order chi connectivity index (χ0) is 15.8. The van der Waals surface area contributed by atoms with Crippen molar-refractivity contribution in [3.63, 3.8) is 0 Å². The van der Waals surface area contributed by atoms with Crippen molar-refractivity contribution < 1.29 is 0 Å². The summed E-state index contributed by atoms with van der Waals surface area (Å²) < 4.78 is 0. The summed E-state index contributed by atoms with van der Waals surface area (Å²) in [6.45, 7) is 0. The number of fused-ring (bicyclic) bond motifs is 2. The maximum Gasteiger partial charge on any atom is 0.0345 e. The van der Waals surface area contributed by atoms with Crippen molar-refractivity contribution in [3.8, 4) is 0 Å². The topological polar surface area (TPSA) is 3.24 Å². The minimum absolute atomic E-state index is 0.520. The molecule has 23 heavy (non-hydrogen) atoms. The lowest BCUT2D eigenvalue weighted by molar-refractivity contribution is 0.263. The average Bonchev–Trinajstić information content (AvgIpc) is 2.60. The van der Waals surface area contributed by atoms with Crippen LogP contribution in [0.1, 0.15) is 41.5 Å². The van der Waals surface area contributed by atoms with Crippen molar-refractivity contribution in [1.29, 1.82) is 0 Å². The van der Waals surface area contributed by atoms with Crippen LogP contribution in [-0.4, -0.2) is 19.0 Å². The fraction of sp³-hybridized carbons (Fsp3) is 0.273. The zero-order valence-electron chi connectivity index (χ0n) is 13.9. The standard InChI is InChI=1S/C22H23N/c1-23(2)22-14-13-19(20-9-5-6-10-21(20)22)18-12-11-16-7-3-4-8-17(16)15-18/h3-12,15,19,22H,13-14H2,1-2H3/t19-,22-/m0/s1. The van der Waals surface area contributed by atoms with Gasteiger partial charge in [0.05, 0.1) is 0 Å². The fourth-order valence-electron chi connectivity index (χ4n) is 4.07. The van der Waals surface area contributed by atoms with Crippen LogP contribution in [0.15, 0.2) is 66.7 Å². The van der Waals surface area contributed by atoms with E-state index in [0.29, 0.717) is 12.0 Å². The molecule has 116 valence electrons. The minimum Gasteiger partial charge on any atom is -0.302 e. The van der Waals surface area contributed by atoms with Gasteiger partial charge < -0.3 is 4.90 Å². The number of nitrogens with zero attached hydrogens (tertiary/aromatic N) is 1. The van der Waals surface area contributed by atoms with Crippen LogP contribution in [0.5, 0.6) is 0 Å². The van der Waals surface area contributed by atoms with Gasteiger partial charge in [-0.25, -0.2) is 0 Å². The second-order valence-electron chi connectivity index (χ2n) is 6.84. The molecular weight excluding hydrogens is 278 g/mol. The normalized spacial score (nSPS) is 20.7. The molecule has 4 rings (SSSR count). The van der Waals surface area contributed by atoms with Gasteiger partial charge >= 0.3 is 0 Å². The monoisotopic (exact) mass is 301 g/mol. The lowest BCUT2D eigenvalue weighted by atomic mass is 9.76. The van der Waals surface area contributed by atoms with Gasteiger partial charge in [0.1, 0.15) is 0 Å². The summed E-state index contributed by atoms with van der Waals surface area (Å²) in [5, 5.41) is 2.67. The molecule has 3 aromatic carbocycles. The first kappa shape index (κ1) is 14.5. The third kappa shape index (κ3) is 2.55. The van der Waals surface area contributed by atoms with Gasteiger partial charge in [-0.05, 0) is 54.4 Å². The molecule has 0 unspecified atom stereocenters. The van der Waals surface area contributed by atoms with Crippen molar-refractivity contribution in [1.82, 2.24) is 4.90 Å². The van der Waals surface area contributed by atoms with Crippen molar-refractivity contribution >= 4 is 10.8 Å². The molecule has 1 heteroatoms. The number of hydrogen-bond donors (Lipinski definition) is 0. The minimum atomic E-state index is 0.520. The predicted molar refractivity (Wildman–Crippen MR) is 97.9 cm³/mol. The molecule has 0 amide bonds. The quantitative estimate of drug-likeness (QED) is 0.615. The molecule has 3 aromatic rings. The first-order valence-electron chi connectivity index (χ1n) is 8.48. The van der Waals surface area contributed by atoms with Crippen LogP contribution in [0.4, 0.5) is 0 Å². The third-order valence-electron chi connectivity index (χ3n) is 5.26. The summed E-state index contributed by atoms with van der Waals surface area (Å²) in [4.78, 5) is 2.36. The van der Waals surface area contributed by atoms with Gasteiger partial charge in [-0.15, -0.1) is 0 Å². The molecule has 1 nitrogen and oxygen atoms in total. The van der Waals surface area contributed by atoms with E-state index in [0.717, 1.165) is 0 Å². The van der Waals surface area contributed by atoms with E-state index in [1.165, 1.54) is 40.3 Å². The van der Waals surface area contributed by atoms with Gasteiger partial charge in [-0.1, -0.05) is 66.7 Å². The molecule has 0 radical (unpaired) electrons. The SMILES string of the molecule is CN(C)[C@H]1CC[C@@H](c2ccc3ccccc3c2)c2ccccc21. The van der Waals surface area contributed by atoms with Gasteiger partial charge in [0, 0.05) is 12.0 Å². The maximum absolute atomic E-state index is 2.38. The van der Waals surface area contributed by atoms with Crippen molar-refractivity contribution in [2.75, 3.05) is 14.1 Å². The number of benzene rings is 3.